The summed E-state index contributed by atoms with van der Waals surface area (Å²) < 4.78 is 44.0. The van der Waals surface area contributed by atoms with Crippen molar-refractivity contribution in [2.45, 2.75) is 13.1 Å². The molecule has 1 aromatic heterocycles. The van der Waals surface area contributed by atoms with Gasteiger partial charge in [-0.05, 0) is 12.5 Å². The molecule has 0 radical (unpaired) electrons. The maximum Gasteiger partial charge on any atom is 0.430 e. The molecular formula is C16H17F3N5O-. The van der Waals surface area contributed by atoms with Crippen molar-refractivity contribution < 1.29 is 17.9 Å². The van der Waals surface area contributed by atoms with Gasteiger partial charge in [0.15, 0.2) is 0 Å². The Morgan fingerprint density at radius 1 is 1.28 bits per heavy atom. The summed E-state index contributed by atoms with van der Waals surface area (Å²) in [5, 5.41) is 4.44. The van der Waals surface area contributed by atoms with E-state index in [0.717, 1.165) is 12.6 Å². The lowest BCUT2D eigenvalue weighted by Gasteiger charge is -2.27. The number of hydrazine groups is 1. The van der Waals surface area contributed by atoms with Crippen molar-refractivity contribution in [2.75, 3.05) is 14.2 Å². The van der Waals surface area contributed by atoms with Crippen LogP contribution in [0, 0.1) is 6.92 Å². The van der Waals surface area contributed by atoms with Crippen molar-refractivity contribution in [1.29, 1.82) is 0 Å². The zero-order valence-corrected chi connectivity index (χ0v) is 13.9. The highest BCUT2D eigenvalue weighted by atomic mass is 19.4. The third kappa shape index (κ3) is 4.60. The van der Waals surface area contributed by atoms with Crippen molar-refractivity contribution in [3.63, 3.8) is 0 Å². The van der Waals surface area contributed by atoms with E-state index in [4.69, 9.17) is 10.6 Å². The largest absolute Gasteiger partial charge is 0.662 e. The zero-order valence-electron chi connectivity index (χ0n) is 13.9. The van der Waals surface area contributed by atoms with Gasteiger partial charge in [0.05, 0.1) is 12.8 Å². The number of hydrogen-bond acceptors (Lipinski definition) is 5. The molecule has 0 bridgehead atoms. The molecule has 1 heterocycles. The first-order valence-corrected chi connectivity index (χ1v) is 7.16. The number of halogens is 3. The highest BCUT2D eigenvalue weighted by Gasteiger charge is 2.34. The Kier molecular flexibility index (Phi) is 5.48. The number of aryl methyl sites for hydroxylation is 1. The fourth-order valence-electron chi connectivity index (χ4n) is 2.06. The summed E-state index contributed by atoms with van der Waals surface area (Å²) in [4.78, 5) is 8.06. The van der Waals surface area contributed by atoms with Crippen molar-refractivity contribution in [1.82, 2.24) is 15.0 Å². The molecule has 1 aromatic carbocycles. The van der Waals surface area contributed by atoms with E-state index >= 15 is 0 Å². The minimum Gasteiger partial charge on any atom is -0.662 e. The number of allylic oxidation sites excluding steroid dienone is 1. The van der Waals surface area contributed by atoms with E-state index in [2.05, 4.69) is 15.3 Å². The molecule has 25 heavy (non-hydrogen) atoms. The van der Waals surface area contributed by atoms with E-state index in [-0.39, 0.29) is 0 Å². The van der Waals surface area contributed by atoms with Crippen LogP contribution in [0.4, 0.5) is 18.9 Å². The third-order valence-electron chi connectivity index (χ3n) is 3.28. The SMILES string of the molecule is COc1cc(-c2cc(C)ccc2[N-]/C=C(\N(C)N)C(F)(F)F)ncn1. The molecule has 0 spiro atoms. The topological polar surface area (TPSA) is 78.4 Å². The van der Waals surface area contributed by atoms with Gasteiger partial charge in [-0.15, -0.1) is 11.9 Å². The molecule has 9 heteroatoms. The van der Waals surface area contributed by atoms with Crippen LogP contribution >= 0.6 is 0 Å². The Hall–Kier alpha value is -2.81. The Morgan fingerprint density at radius 2 is 2.00 bits per heavy atom. The summed E-state index contributed by atoms with van der Waals surface area (Å²) in [6.07, 6.45) is -2.62. The highest BCUT2D eigenvalue weighted by molar-refractivity contribution is 5.79. The minimum absolute atomic E-state index is 0.315. The predicted molar refractivity (Wildman–Crippen MR) is 87.9 cm³/mol. The van der Waals surface area contributed by atoms with Gasteiger partial charge >= 0.3 is 6.18 Å². The molecule has 2 rings (SSSR count). The van der Waals surface area contributed by atoms with Gasteiger partial charge in [-0.25, -0.2) is 15.8 Å². The maximum absolute atomic E-state index is 13.0. The van der Waals surface area contributed by atoms with Crippen LogP contribution in [0.3, 0.4) is 0 Å². The van der Waals surface area contributed by atoms with Gasteiger partial charge in [-0.1, -0.05) is 23.8 Å². The second-order valence-corrected chi connectivity index (χ2v) is 5.22. The Morgan fingerprint density at radius 3 is 2.60 bits per heavy atom. The smallest absolute Gasteiger partial charge is 0.430 e. The van der Waals surface area contributed by atoms with Crippen LogP contribution in [0.25, 0.3) is 16.6 Å². The first-order valence-electron chi connectivity index (χ1n) is 7.16. The van der Waals surface area contributed by atoms with E-state index in [9.17, 15) is 13.2 Å². The van der Waals surface area contributed by atoms with Crippen LogP contribution in [-0.4, -0.2) is 35.3 Å². The van der Waals surface area contributed by atoms with E-state index in [1.165, 1.54) is 13.4 Å². The first kappa shape index (κ1) is 18.5. The second-order valence-electron chi connectivity index (χ2n) is 5.22. The van der Waals surface area contributed by atoms with Crippen molar-refractivity contribution in [3.05, 3.63) is 53.4 Å². The number of ether oxygens (including phenoxy) is 1. The number of hydrogen-bond donors (Lipinski definition) is 1. The molecule has 0 atom stereocenters. The minimum atomic E-state index is -4.62. The van der Waals surface area contributed by atoms with Crippen molar-refractivity contribution in [2.24, 2.45) is 5.84 Å². The average Bonchev–Trinajstić information content (AvgIpc) is 2.54. The molecule has 134 valence electrons. The van der Waals surface area contributed by atoms with E-state index in [1.807, 2.05) is 6.92 Å². The average molecular weight is 352 g/mol. The van der Waals surface area contributed by atoms with Crippen LogP contribution in [-0.2, 0) is 0 Å². The normalized spacial score (nSPS) is 12.0. The summed E-state index contributed by atoms with van der Waals surface area (Å²) in [5.41, 5.74) is 1.19. The second kappa shape index (κ2) is 7.39. The number of rotatable bonds is 5. The zero-order chi connectivity index (χ0) is 18.6. The quantitative estimate of drug-likeness (QED) is 0.656. The van der Waals surface area contributed by atoms with Crippen LogP contribution in [0.1, 0.15) is 5.56 Å². The van der Waals surface area contributed by atoms with Gasteiger partial charge < -0.3 is 15.1 Å². The molecule has 0 aliphatic heterocycles. The number of nitrogens with zero attached hydrogens (tertiary/aromatic N) is 4. The number of nitrogens with two attached hydrogens (primary N) is 1. The van der Waals surface area contributed by atoms with Gasteiger partial charge in [0, 0.05) is 13.1 Å². The van der Waals surface area contributed by atoms with E-state index < -0.39 is 11.9 Å². The standard InChI is InChI=1S/C16H17F3N5O/c1-10-4-5-12(21-8-14(24(2)20)16(17,18)19)11(6-10)13-7-15(25-3)23-9-22-13/h4-9H,20H2,1-3H3/q-1/b14-8-. The van der Waals surface area contributed by atoms with Gasteiger partial charge in [0.2, 0.25) is 5.88 Å². The summed E-state index contributed by atoms with van der Waals surface area (Å²) in [6, 6.07) is 6.71. The van der Waals surface area contributed by atoms with Gasteiger partial charge in [-0.3, -0.25) is 0 Å². The van der Waals surface area contributed by atoms with E-state index in [1.54, 1.807) is 24.3 Å². The van der Waals surface area contributed by atoms with Crippen molar-refractivity contribution >= 4 is 5.69 Å². The van der Waals surface area contributed by atoms with Gasteiger partial charge in [0.25, 0.3) is 0 Å². The third-order valence-corrected chi connectivity index (χ3v) is 3.28. The van der Waals surface area contributed by atoms with Crippen LogP contribution in [0.2, 0.25) is 0 Å². The molecule has 0 unspecified atom stereocenters. The molecule has 2 N–H and O–H groups in total. The molecule has 0 fully saturated rings. The van der Waals surface area contributed by atoms with E-state index in [0.29, 0.717) is 34.0 Å². The Bertz CT molecular complexity index is 775. The Labute approximate surface area is 143 Å². The lowest BCUT2D eigenvalue weighted by molar-refractivity contribution is -0.109. The summed E-state index contributed by atoms with van der Waals surface area (Å²) in [7, 11) is 2.56. The lowest BCUT2D eigenvalue weighted by Crippen LogP contribution is -2.33. The predicted octanol–water partition coefficient (Wildman–Crippen LogP) is 3.68. The molecule has 2 aromatic rings. The first-order chi connectivity index (χ1) is 11.7. The molecule has 0 aliphatic carbocycles. The summed E-state index contributed by atoms with van der Waals surface area (Å²) in [5.74, 6) is 5.58. The lowest BCUT2D eigenvalue weighted by atomic mass is 10.1. The fraction of sp³-hybridized carbons (Fsp3) is 0.250. The molecule has 0 saturated heterocycles. The number of alkyl halides is 3. The molecule has 0 saturated carbocycles. The number of aromatic nitrogens is 2. The monoisotopic (exact) mass is 352 g/mol. The molecule has 6 nitrogen and oxygen atoms in total. The van der Waals surface area contributed by atoms with Crippen LogP contribution < -0.4 is 10.6 Å². The molecule has 0 aliphatic rings. The van der Waals surface area contributed by atoms with Crippen LogP contribution in [0.15, 0.2) is 42.5 Å². The van der Waals surface area contributed by atoms with Gasteiger partial charge in [-0.2, -0.15) is 13.2 Å². The number of methoxy groups -OCH3 is 1. The maximum atomic E-state index is 13.0. The fourth-order valence-corrected chi connectivity index (χ4v) is 2.06. The number of benzene rings is 1. The summed E-state index contributed by atoms with van der Waals surface area (Å²) >= 11 is 0. The van der Waals surface area contributed by atoms with Gasteiger partial charge in [0.1, 0.15) is 12.0 Å². The molecular weight excluding hydrogens is 335 g/mol. The van der Waals surface area contributed by atoms with Crippen molar-refractivity contribution in [3.8, 4) is 17.1 Å². The van der Waals surface area contributed by atoms with Crippen LogP contribution in [0.5, 0.6) is 5.88 Å². The Balaban J connectivity index is 2.45. The molecule has 0 amide bonds. The highest BCUT2D eigenvalue weighted by Crippen LogP contribution is 2.36. The summed E-state index contributed by atoms with van der Waals surface area (Å²) in [6.45, 7) is 1.86.